The highest BCUT2D eigenvalue weighted by Gasteiger charge is 2.24. The predicted molar refractivity (Wildman–Crippen MR) is 79.6 cm³/mol. The number of rotatable bonds is 8. The third-order valence-corrected chi connectivity index (χ3v) is 3.38. The van der Waals surface area contributed by atoms with E-state index in [9.17, 15) is 9.59 Å². The molecular weight excluding hydrogens is 268 g/mol. The van der Waals surface area contributed by atoms with Gasteiger partial charge in [-0.1, -0.05) is 30.3 Å². The molecule has 21 heavy (non-hydrogen) atoms. The van der Waals surface area contributed by atoms with Crippen LogP contribution >= 0.6 is 0 Å². The quantitative estimate of drug-likeness (QED) is 0.710. The van der Waals surface area contributed by atoms with Crippen molar-refractivity contribution in [3.05, 3.63) is 35.9 Å². The zero-order valence-corrected chi connectivity index (χ0v) is 12.3. The Morgan fingerprint density at radius 2 is 2.00 bits per heavy atom. The van der Waals surface area contributed by atoms with E-state index in [0.29, 0.717) is 5.92 Å². The molecule has 2 N–H and O–H groups in total. The Morgan fingerprint density at radius 3 is 2.62 bits per heavy atom. The summed E-state index contributed by atoms with van der Waals surface area (Å²) in [5, 5.41) is 5.85. The van der Waals surface area contributed by atoms with Crippen molar-refractivity contribution in [2.45, 2.75) is 25.8 Å². The van der Waals surface area contributed by atoms with E-state index < -0.39 is 12.0 Å². The molecule has 0 radical (unpaired) electrons. The molecule has 2 rings (SSSR count). The number of nitrogens with one attached hydrogen (secondary N) is 2. The monoisotopic (exact) mass is 290 g/mol. The van der Waals surface area contributed by atoms with Crippen molar-refractivity contribution in [2.24, 2.45) is 5.92 Å². The molecule has 0 saturated heterocycles. The Hall–Kier alpha value is -1.88. The predicted octanol–water partition coefficient (Wildman–Crippen LogP) is 1.41. The van der Waals surface area contributed by atoms with E-state index in [1.54, 1.807) is 19.1 Å². The van der Waals surface area contributed by atoms with Crippen molar-refractivity contribution < 1.29 is 14.3 Å². The van der Waals surface area contributed by atoms with Crippen LogP contribution in [-0.2, 0) is 14.3 Å². The summed E-state index contributed by atoms with van der Waals surface area (Å²) in [5.41, 5.74) is 0.728. The SMILES string of the molecule is CCOC(=O)[C@H](NC(=O)CNCC1CC1)c1ccccc1. The number of hydrogen-bond acceptors (Lipinski definition) is 4. The van der Waals surface area contributed by atoms with Gasteiger partial charge in [-0.3, -0.25) is 4.79 Å². The summed E-state index contributed by atoms with van der Waals surface area (Å²) in [7, 11) is 0. The third kappa shape index (κ3) is 5.19. The molecule has 114 valence electrons. The minimum atomic E-state index is -0.749. The van der Waals surface area contributed by atoms with Gasteiger partial charge in [0.1, 0.15) is 0 Å². The average Bonchev–Trinajstić information content (AvgIpc) is 3.30. The van der Waals surface area contributed by atoms with Crippen molar-refractivity contribution in [2.75, 3.05) is 19.7 Å². The summed E-state index contributed by atoms with van der Waals surface area (Å²) in [5.74, 6) is 0.0876. The van der Waals surface area contributed by atoms with Crippen LogP contribution in [0.3, 0.4) is 0 Å². The number of amides is 1. The summed E-state index contributed by atoms with van der Waals surface area (Å²) < 4.78 is 5.04. The molecule has 0 bridgehead atoms. The van der Waals surface area contributed by atoms with Crippen LogP contribution in [0.5, 0.6) is 0 Å². The molecule has 1 atom stereocenters. The lowest BCUT2D eigenvalue weighted by atomic mass is 10.1. The summed E-state index contributed by atoms with van der Waals surface area (Å²) in [6, 6.07) is 8.39. The van der Waals surface area contributed by atoms with E-state index in [4.69, 9.17) is 4.74 Å². The molecule has 1 aromatic carbocycles. The van der Waals surface area contributed by atoms with Gasteiger partial charge >= 0.3 is 5.97 Å². The van der Waals surface area contributed by atoms with Gasteiger partial charge in [-0.05, 0) is 37.8 Å². The second-order valence-electron chi connectivity index (χ2n) is 5.24. The molecule has 1 amide bonds. The van der Waals surface area contributed by atoms with Gasteiger partial charge in [0.2, 0.25) is 5.91 Å². The van der Waals surface area contributed by atoms with Crippen LogP contribution in [0.2, 0.25) is 0 Å². The van der Waals surface area contributed by atoms with Gasteiger partial charge in [0.25, 0.3) is 0 Å². The first kappa shape index (κ1) is 15.5. The van der Waals surface area contributed by atoms with Crippen LogP contribution in [0.1, 0.15) is 31.4 Å². The van der Waals surface area contributed by atoms with Crippen LogP contribution in [-0.4, -0.2) is 31.6 Å². The average molecular weight is 290 g/mol. The van der Waals surface area contributed by atoms with E-state index in [1.807, 2.05) is 18.2 Å². The molecule has 5 heteroatoms. The van der Waals surface area contributed by atoms with Crippen LogP contribution in [0, 0.1) is 5.92 Å². The molecule has 0 unspecified atom stereocenters. The molecular formula is C16H22N2O3. The summed E-state index contributed by atoms with van der Waals surface area (Å²) in [6.07, 6.45) is 2.48. The highest BCUT2D eigenvalue weighted by Crippen LogP contribution is 2.27. The lowest BCUT2D eigenvalue weighted by molar-refractivity contribution is -0.147. The lowest BCUT2D eigenvalue weighted by Crippen LogP contribution is -2.40. The molecule has 0 heterocycles. The van der Waals surface area contributed by atoms with Gasteiger partial charge < -0.3 is 15.4 Å². The summed E-state index contributed by atoms with van der Waals surface area (Å²) >= 11 is 0. The number of esters is 1. The molecule has 1 aliphatic rings. The van der Waals surface area contributed by atoms with Crippen LogP contribution < -0.4 is 10.6 Å². The van der Waals surface area contributed by atoms with Gasteiger partial charge in [-0.25, -0.2) is 4.79 Å². The van der Waals surface area contributed by atoms with Crippen LogP contribution in [0.15, 0.2) is 30.3 Å². The fourth-order valence-corrected chi connectivity index (χ4v) is 2.07. The molecule has 1 saturated carbocycles. The Balaban J connectivity index is 1.91. The standard InChI is InChI=1S/C16H22N2O3/c1-2-21-16(20)15(13-6-4-3-5-7-13)18-14(19)11-17-10-12-8-9-12/h3-7,12,15,17H,2,8-11H2,1H3,(H,18,19)/t15-/m1/s1. The highest BCUT2D eigenvalue weighted by atomic mass is 16.5. The van der Waals surface area contributed by atoms with Crippen molar-refractivity contribution in [3.8, 4) is 0 Å². The van der Waals surface area contributed by atoms with Crippen molar-refractivity contribution in [3.63, 3.8) is 0 Å². The fraction of sp³-hybridized carbons (Fsp3) is 0.500. The summed E-state index contributed by atoms with van der Waals surface area (Å²) in [6.45, 7) is 3.12. The maximum atomic E-state index is 12.0. The van der Waals surface area contributed by atoms with Gasteiger partial charge in [0, 0.05) is 0 Å². The van der Waals surface area contributed by atoms with Gasteiger partial charge in [-0.15, -0.1) is 0 Å². The van der Waals surface area contributed by atoms with E-state index in [0.717, 1.165) is 12.1 Å². The largest absolute Gasteiger partial charge is 0.464 e. The van der Waals surface area contributed by atoms with E-state index >= 15 is 0 Å². The second-order valence-corrected chi connectivity index (χ2v) is 5.24. The maximum Gasteiger partial charge on any atom is 0.333 e. The second kappa shape index (κ2) is 7.78. The highest BCUT2D eigenvalue weighted by molar-refractivity contribution is 5.86. The number of carbonyl (C=O) groups is 2. The number of carbonyl (C=O) groups excluding carboxylic acids is 2. The van der Waals surface area contributed by atoms with Crippen molar-refractivity contribution in [1.82, 2.24) is 10.6 Å². The summed E-state index contributed by atoms with van der Waals surface area (Å²) in [4.78, 5) is 24.0. The molecule has 1 aliphatic carbocycles. The van der Waals surface area contributed by atoms with Crippen LogP contribution in [0.4, 0.5) is 0 Å². The zero-order valence-electron chi connectivity index (χ0n) is 12.3. The Kier molecular flexibility index (Phi) is 5.75. The zero-order chi connectivity index (χ0) is 15.1. The molecule has 0 aromatic heterocycles. The first-order valence-electron chi connectivity index (χ1n) is 7.42. The number of hydrogen-bond donors (Lipinski definition) is 2. The topological polar surface area (TPSA) is 67.4 Å². The van der Waals surface area contributed by atoms with E-state index in [1.165, 1.54) is 12.8 Å². The lowest BCUT2D eigenvalue weighted by Gasteiger charge is -2.17. The first-order valence-corrected chi connectivity index (χ1v) is 7.42. The Labute approximate surface area is 125 Å². The number of ether oxygens (including phenoxy) is 1. The number of benzene rings is 1. The molecule has 1 fully saturated rings. The minimum Gasteiger partial charge on any atom is -0.464 e. The van der Waals surface area contributed by atoms with Gasteiger partial charge in [-0.2, -0.15) is 0 Å². The molecule has 5 nitrogen and oxygen atoms in total. The fourth-order valence-electron chi connectivity index (χ4n) is 2.07. The normalized spacial score (nSPS) is 15.3. The van der Waals surface area contributed by atoms with Crippen LogP contribution in [0.25, 0.3) is 0 Å². The molecule has 1 aromatic rings. The maximum absolute atomic E-state index is 12.0. The smallest absolute Gasteiger partial charge is 0.333 e. The van der Waals surface area contributed by atoms with E-state index in [2.05, 4.69) is 10.6 Å². The first-order chi connectivity index (χ1) is 10.2. The minimum absolute atomic E-state index is 0.197. The van der Waals surface area contributed by atoms with E-state index in [-0.39, 0.29) is 19.1 Å². The van der Waals surface area contributed by atoms with Gasteiger partial charge in [0.15, 0.2) is 6.04 Å². The van der Waals surface area contributed by atoms with Gasteiger partial charge in [0.05, 0.1) is 13.2 Å². The molecule has 0 aliphatic heterocycles. The van der Waals surface area contributed by atoms with Crippen molar-refractivity contribution >= 4 is 11.9 Å². The Bertz CT molecular complexity index is 472. The van der Waals surface area contributed by atoms with Crippen molar-refractivity contribution in [1.29, 1.82) is 0 Å². The Morgan fingerprint density at radius 1 is 1.29 bits per heavy atom. The molecule has 0 spiro atoms. The third-order valence-electron chi connectivity index (χ3n) is 3.38.